The molecule has 2 aliphatic rings. The molecule has 0 bridgehead atoms. The number of likely N-dealkylation sites (tertiary alicyclic amines) is 1. The molecule has 2 fully saturated rings. The maximum atomic E-state index is 14.5. The fourth-order valence-corrected chi connectivity index (χ4v) is 7.88. The van der Waals surface area contributed by atoms with Gasteiger partial charge in [-0.15, -0.1) is 0 Å². The van der Waals surface area contributed by atoms with Crippen molar-refractivity contribution in [2.75, 3.05) is 60.6 Å². The van der Waals surface area contributed by atoms with Gasteiger partial charge in [0.2, 0.25) is 0 Å². The molecule has 5 amide bonds. The van der Waals surface area contributed by atoms with E-state index in [1.165, 1.54) is 45.4 Å². The number of sulfone groups is 1. The quantitative estimate of drug-likeness (QED) is 0.129. The van der Waals surface area contributed by atoms with Crippen LogP contribution in [0.1, 0.15) is 51.1 Å². The van der Waals surface area contributed by atoms with Crippen LogP contribution in [-0.2, 0) is 27.7 Å². The molecule has 2 heterocycles. The topological polar surface area (TPSA) is 170 Å². The lowest BCUT2D eigenvalue weighted by molar-refractivity contribution is -0.173. The Hall–Kier alpha value is -6.35. The Morgan fingerprint density at radius 3 is 1.44 bits per heavy atom. The van der Waals surface area contributed by atoms with Crippen molar-refractivity contribution < 1.29 is 63.1 Å². The van der Waals surface area contributed by atoms with E-state index in [1.54, 1.807) is 29.2 Å². The molecule has 0 aromatic heterocycles. The van der Waals surface area contributed by atoms with E-state index in [0.29, 0.717) is 41.9 Å². The zero-order valence-electron chi connectivity index (χ0n) is 34.1. The number of nitrogens with zero attached hydrogens (tertiary/aromatic N) is 4. The highest BCUT2D eigenvalue weighted by atomic mass is 32.2. The number of nitrogens with two attached hydrogens (primary N) is 1. The van der Waals surface area contributed by atoms with Crippen LogP contribution >= 0.6 is 0 Å². The lowest BCUT2D eigenvalue weighted by Crippen LogP contribution is -2.50. The lowest BCUT2D eigenvalue weighted by Gasteiger charge is -2.33. The van der Waals surface area contributed by atoms with Crippen molar-refractivity contribution >= 4 is 50.7 Å². The minimum Gasteiger partial charge on any atom is -0.341 e. The van der Waals surface area contributed by atoms with Gasteiger partial charge in [-0.2, -0.15) is 13.2 Å². The Morgan fingerprint density at radius 1 is 0.609 bits per heavy atom. The maximum Gasteiger partial charge on any atom is 0.471 e. The molecule has 0 saturated carbocycles. The smallest absolute Gasteiger partial charge is 0.341 e. The summed E-state index contributed by atoms with van der Waals surface area (Å²) in [6, 6.07) is 16.7. The zero-order chi connectivity index (χ0) is 46.8. The van der Waals surface area contributed by atoms with Crippen molar-refractivity contribution in [3.8, 4) is 0 Å². The number of urea groups is 2. The first-order valence-corrected chi connectivity index (χ1v) is 21.6. The number of carbonyl (C=O) groups is 5. The van der Waals surface area contributed by atoms with Gasteiger partial charge < -0.3 is 20.9 Å². The number of hydrogen-bond donors (Lipinski definition) is 2. The molecule has 6 rings (SSSR count). The molecule has 0 spiro atoms. The highest BCUT2D eigenvalue weighted by Crippen LogP contribution is 2.27. The van der Waals surface area contributed by atoms with Gasteiger partial charge >= 0.3 is 24.1 Å². The average Bonchev–Trinajstić information content (AvgIpc) is 3.27. The van der Waals surface area contributed by atoms with Crippen LogP contribution in [0.15, 0.2) is 84.9 Å². The van der Waals surface area contributed by atoms with Crippen molar-refractivity contribution in [1.29, 1.82) is 0 Å². The van der Waals surface area contributed by atoms with E-state index in [1.807, 2.05) is 0 Å². The number of amides is 5. The molecule has 2 aliphatic heterocycles. The van der Waals surface area contributed by atoms with Crippen molar-refractivity contribution in [1.82, 2.24) is 15.1 Å². The first-order valence-electron chi connectivity index (χ1n) is 19.8. The summed E-state index contributed by atoms with van der Waals surface area (Å²) in [5, 5.41) is 1.51. The molecule has 2 saturated heterocycles. The van der Waals surface area contributed by atoms with E-state index in [0.717, 1.165) is 42.4 Å². The summed E-state index contributed by atoms with van der Waals surface area (Å²) in [6.45, 7) is -0.112. The van der Waals surface area contributed by atoms with Crippen LogP contribution in [0.25, 0.3) is 0 Å². The number of benzene rings is 4. The van der Waals surface area contributed by atoms with Crippen molar-refractivity contribution in [2.45, 2.75) is 38.5 Å². The second-order valence-electron chi connectivity index (χ2n) is 14.7. The molecule has 0 atom stereocenters. The fourth-order valence-electron chi connectivity index (χ4n) is 6.68. The Kier molecular flexibility index (Phi) is 16.2. The number of piperidine rings is 1. The number of ketones is 2. The number of rotatable bonds is 11. The van der Waals surface area contributed by atoms with E-state index in [4.69, 9.17) is 5.73 Å². The zero-order valence-corrected chi connectivity index (χ0v) is 34.9. The van der Waals surface area contributed by atoms with Gasteiger partial charge in [0.15, 0.2) is 21.4 Å². The third-order valence-corrected chi connectivity index (χ3v) is 11.8. The minimum atomic E-state index is -5.09. The minimum absolute atomic E-state index is 0.00950. The molecule has 3 N–H and O–H groups in total. The predicted molar refractivity (Wildman–Crippen MR) is 221 cm³/mol. The molecule has 21 heteroatoms. The predicted octanol–water partition coefficient (Wildman–Crippen LogP) is 6.40. The van der Waals surface area contributed by atoms with E-state index >= 15 is 0 Å². The summed E-state index contributed by atoms with van der Waals surface area (Å²) in [7, 11) is -3.21. The Balaban J connectivity index is 0.000000243. The highest BCUT2D eigenvalue weighted by Gasteiger charge is 2.38. The molecular weight excluding hydrogens is 878 g/mol. The van der Waals surface area contributed by atoms with E-state index in [9.17, 15) is 63.1 Å². The largest absolute Gasteiger partial charge is 0.471 e. The van der Waals surface area contributed by atoms with Crippen LogP contribution in [0.5, 0.6) is 0 Å². The standard InChI is InChI=1S/C23H22F5N3O3.C20H21F2N3O4S/c24-17-8-9-19(18(25)12-17)31(22(34)30-10-2-1-3-11-30)14-15-4-6-16(7-5-15)20(32)13-29-21(33)23(26,27)28;21-16-5-6-18(17(22)11-16)25(20(27)24-7-9-30(28,29)10-8-24)13-14-1-3-15(4-2-14)19(26)12-23/h4-9,12H,1-3,10-11,13-14H2,(H,29,33);1-6,11H,7-10,12-13,23H2. The molecule has 4 aromatic rings. The number of halogens is 7. The molecular formula is C43H43F7N6O7S. The SMILES string of the molecule is NCC(=O)c1ccc(CN(C(=O)N2CCS(=O)(=O)CC2)c2ccc(F)cc2F)cc1.O=C(CNC(=O)C(F)(F)F)c1ccc(CN(C(=O)N2CCCCC2)c2ccc(F)cc2F)cc1. The van der Waals surface area contributed by atoms with Gasteiger partial charge in [-0.25, -0.2) is 35.6 Å². The van der Waals surface area contributed by atoms with Crippen molar-refractivity contribution in [3.63, 3.8) is 0 Å². The second kappa shape index (κ2) is 21.3. The van der Waals surface area contributed by atoms with E-state index in [-0.39, 0.29) is 67.0 Å². The fraction of sp³-hybridized carbons (Fsp3) is 0.326. The van der Waals surface area contributed by atoms with E-state index < -0.39 is 69.6 Å². The van der Waals surface area contributed by atoms with Crippen LogP contribution in [0.4, 0.5) is 51.7 Å². The summed E-state index contributed by atoms with van der Waals surface area (Å²) in [4.78, 5) is 66.1. The summed E-state index contributed by atoms with van der Waals surface area (Å²) >= 11 is 0. The summed E-state index contributed by atoms with van der Waals surface area (Å²) in [5.41, 5.74) is 6.68. The first-order chi connectivity index (χ1) is 30.3. The van der Waals surface area contributed by atoms with Crippen LogP contribution in [0, 0.1) is 23.3 Å². The Bertz CT molecular complexity index is 2440. The van der Waals surface area contributed by atoms with Gasteiger partial charge in [-0.3, -0.25) is 24.2 Å². The summed E-state index contributed by atoms with van der Waals surface area (Å²) in [6.07, 6.45) is -2.49. The van der Waals surface area contributed by atoms with Gasteiger partial charge in [0, 0.05) is 49.4 Å². The van der Waals surface area contributed by atoms with Gasteiger partial charge in [0.25, 0.3) is 0 Å². The van der Waals surface area contributed by atoms with Gasteiger partial charge in [-0.05, 0) is 54.7 Å². The molecule has 0 unspecified atom stereocenters. The number of Topliss-reactive ketones (excluding diaryl/α,β-unsaturated/α-hetero) is 2. The number of nitrogens with one attached hydrogen (secondary N) is 1. The Morgan fingerprint density at radius 2 is 1.03 bits per heavy atom. The summed E-state index contributed by atoms with van der Waals surface area (Å²) < 4.78 is 116. The molecule has 13 nitrogen and oxygen atoms in total. The third-order valence-electron chi connectivity index (χ3n) is 10.2. The van der Waals surface area contributed by atoms with Gasteiger partial charge in [0.05, 0.1) is 49.1 Å². The number of carbonyl (C=O) groups excluding carboxylic acids is 5. The van der Waals surface area contributed by atoms with Crippen LogP contribution in [0.2, 0.25) is 0 Å². The van der Waals surface area contributed by atoms with Crippen LogP contribution in [0.3, 0.4) is 0 Å². The van der Waals surface area contributed by atoms with Gasteiger partial charge in [0.1, 0.15) is 23.3 Å². The van der Waals surface area contributed by atoms with Gasteiger partial charge in [-0.1, -0.05) is 48.5 Å². The lowest BCUT2D eigenvalue weighted by atomic mass is 10.1. The van der Waals surface area contributed by atoms with Crippen LogP contribution in [-0.4, -0.2) is 105 Å². The first kappa shape index (κ1) is 48.7. The normalized spacial score (nSPS) is 14.8. The monoisotopic (exact) mass is 920 g/mol. The number of alkyl halides is 3. The molecule has 0 aliphatic carbocycles. The maximum absolute atomic E-state index is 14.5. The van der Waals surface area contributed by atoms with Crippen molar-refractivity contribution in [3.05, 3.63) is 130 Å². The molecule has 0 radical (unpaired) electrons. The third kappa shape index (κ3) is 13.1. The Labute approximate surface area is 363 Å². The second-order valence-corrected chi connectivity index (χ2v) is 17.0. The average molecular weight is 921 g/mol. The molecule has 342 valence electrons. The van der Waals surface area contributed by atoms with E-state index in [2.05, 4.69) is 0 Å². The van der Waals surface area contributed by atoms with Crippen molar-refractivity contribution in [2.24, 2.45) is 5.73 Å². The summed E-state index contributed by atoms with van der Waals surface area (Å²) in [5.74, 6) is -6.93. The molecule has 4 aromatic carbocycles. The number of hydrogen-bond acceptors (Lipinski definition) is 8. The van der Waals surface area contributed by atoms with Crippen LogP contribution < -0.4 is 20.9 Å². The number of anilines is 2. The molecule has 64 heavy (non-hydrogen) atoms. The highest BCUT2D eigenvalue weighted by molar-refractivity contribution is 7.91.